The number of amides is 1. The van der Waals surface area contributed by atoms with Crippen LogP contribution >= 0.6 is 11.8 Å². The molecule has 9 heteroatoms. The number of thioether (sulfide) groups is 1. The van der Waals surface area contributed by atoms with Crippen molar-refractivity contribution in [3.8, 4) is 5.75 Å². The van der Waals surface area contributed by atoms with E-state index in [0.717, 1.165) is 39.6 Å². The zero-order valence-corrected chi connectivity index (χ0v) is 20.5. The molecule has 0 aliphatic heterocycles. The van der Waals surface area contributed by atoms with Crippen molar-refractivity contribution < 1.29 is 19.1 Å². The molecule has 3 aromatic rings. The van der Waals surface area contributed by atoms with Gasteiger partial charge in [0.15, 0.2) is 0 Å². The van der Waals surface area contributed by atoms with Gasteiger partial charge in [0.2, 0.25) is 11.5 Å². The number of nitrogens with zero attached hydrogens (tertiary/aromatic N) is 3. The van der Waals surface area contributed by atoms with Crippen LogP contribution in [0.15, 0.2) is 53.2 Å². The molecule has 0 aliphatic carbocycles. The maximum Gasteiger partial charge on any atom is 0.224 e. The van der Waals surface area contributed by atoms with Gasteiger partial charge in [-0.1, -0.05) is 12.1 Å². The number of anilines is 1. The quantitative estimate of drug-likeness (QED) is 0.427. The summed E-state index contributed by atoms with van der Waals surface area (Å²) in [6, 6.07) is 11.2. The number of rotatable bonds is 10. The largest absolute Gasteiger partial charge is 0.497 e. The van der Waals surface area contributed by atoms with Gasteiger partial charge >= 0.3 is 0 Å². The number of nitrogens with two attached hydrogens (primary N) is 1. The minimum atomic E-state index is -0.120. The molecule has 8 nitrogen and oxygen atoms in total. The predicted octanol–water partition coefficient (Wildman–Crippen LogP) is 4.33. The fourth-order valence-corrected chi connectivity index (χ4v) is 4.41. The first-order valence-corrected chi connectivity index (χ1v) is 11.5. The van der Waals surface area contributed by atoms with Gasteiger partial charge in [-0.3, -0.25) is 9.59 Å². The number of allylic oxidation sites excluding steroid dienone is 1. The third kappa shape index (κ3) is 5.92. The summed E-state index contributed by atoms with van der Waals surface area (Å²) in [7, 11) is 3.20. The molecule has 0 aliphatic rings. The van der Waals surface area contributed by atoms with Crippen molar-refractivity contribution in [3.05, 3.63) is 70.1 Å². The van der Waals surface area contributed by atoms with E-state index in [0.29, 0.717) is 41.5 Å². The smallest absolute Gasteiger partial charge is 0.224 e. The van der Waals surface area contributed by atoms with E-state index in [1.807, 2.05) is 30.3 Å². The number of aromatic nitrogens is 2. The average molecular weight is 481 g/mol. The van der Waals surface area contributed by atoms with Gasteiger partial charge in [0, 0.05) is 41.5 Å². The number of carbonyl (C=O) groups excluding carboxylic acids is 2. The molecule has 178 valence electrons. The number of carbonyl (C=O) groups is 2. The highest BCUT2D eigenvalue weighted by atomic mass is 32.2. The molecule has 1 heterocycles. The summed E-state index contributed by atoms with van der Waals surface area (Å²) in [5.74, 6) is 1.60. The van der Waals surface area contributed by atoms with Crippen LogP contribution in [0.1, 0.15) is 35.1 Å². The highest BCUT2D eigenvalue weighted by Gasteiger charge is 2.19. The minimum Gasteiger partial charge on any atom is -0.497 e. The van der Waals surface area contributed by atoms with E-state index >= 15 is 0 Å². The molecule has 0 fully saturated rings. The maximum absolute atomic E-state index is 13.4. The second-order valence-corrected chi connectivity index (χ2v) is 8.66. The number of methoxy groups -OCH3 is 2. The number of hydrogen-bond acceptors (Lipinski definition) is 8. The van der Waals surface area contributed by atoms with Crippen LogP contribution < -0.4 is 10.5 Å². The van der Waals surface area contributed by atoms with Crippen LogP contribution in [-0.4, -0.2) is 47.2 Å². The zero-order valence-electron chi connectivity index (χ0n) is 19.7. The molecule has 1 aromatic heterocycles. The maximum atomic E-state index is 13.4. The lowest BCUT2D eigenvalue weighted by atomic mass is 10.1. The number of nitrogen functional groups attached to an aromatic ring is 1. The monoisotopic (exact) mass is 480 g/mol. The molecular formula is C25H28N4O4S. The molecule has 0 unspecified atom stereocenters. The Kier molecular flexibility index (Phi) is 8.61. The third-order valence-corrected chi connectivity index (χ3v) is 6.53. The van der Waals surface area contributed by atoms with Crippen LogP contribution in [0.25, 0.3) is 10.8 Å². The van der Waals surface area contributed by atoms with E-state index in [1.165, 1.54) is 4.90 Å². The summed E-state index contributed by atoms with van der Waals surface area (Å²) >= 11 is 1.10. The molecule has 2 N–H and O–H groups in total. The van der Waals surface area contributed by atoms with Crippen molar-refractivity contribution in [1.82, 2.24) is 14.9 Å². The van der Waals surface area contributed by atoms with E-state index < -0.39 is 0 Å². The topological polar surface area (TPSA) is 108 Å². The van der Waals surface area contributed by atoms with Crippen LogP contribution in [-0.2, 0) is 16.1 Å². The molecule has 0 radical (unpaired) electrons. The molecule has 2 aromatic carbocycles. The van der Waals surface area contributed by atoms with E-state index in [2.05, 4.69) is 9.97 Å². The SMILES string of the molecule is COCC/C(SC(=O)c1cccc2cc(OC)ccc12)=C(\C)N(C=O)Cc1cnc(C)nc1N. The lowest BCUT2D eigenvalue weighted by molar-refractivity contribution is -0.116. The molecule has 1 amide bonds. The van der Waals surface area contributed by atoms with Gasteiger partial charge in [0.05, 0.1) is 20.3 Å². The second kappa shape index (κ2) is 11.6. The summed E-state index contributed by atoms with van der Waals surface area (Å²) in [6.45, 7) is 4.15. The molecule has 34 heavy (non-hydrogen) atoms. The van der Waals surface area contributed by atoms with Crippen LogP contribution in [0.2, 0.25) is 0 Å². The number of benzene rings is 2. The summed E-state index contributed by atoms with van der Waals surface area (Å²) in [5, 5.41) is 1.63. The lowest BCUT2D eigenvalue weighted by Crippen LogP contribution is -2.22. The predicted molar refractivity (Wildman–Crippen MR) is 134 cm³/mol. The van der Waals surface area contributed by atoms with Crippen LogP contribution in [0.5, 0.6) is 5.75 Å². The Balaban J connectivity index is 1.93. The van der Waals surface area contributed by atoms with Gasteiger partial charge in [-0.05, 0) is 60.6 Å². The molecule has 0 saturated carbocycles. The van der Waals surface area contributed by atoms with Crippen LogP contribution in [0, 0.1) is 6.92 Å². The Morgan fingerprint density at radius 1 is 1.24 bits per heavy atom. The Morgan fingerprint density at radius 2 is 2.03 bits per heavy atom. The molecule has 3 rings (SSSR count). The van der Waals surface area contributed by atoms with Gasteiger partial charge < -0.3 is 20.1 Å². The second-order valence-electron chi connectivity index (χ2n) is 7.59. The Bertz CT molecular complexity index is 1230. The van der Waals surface area contributed by atoms with Crippen molar-refractivity contribution in [3.63, 3.8) is 0 Å². The van der Waals surface area contributed by atoms with Crippen molar-refractivity contribution in [2.24, 2.45) is 0 Å². The number of aryl methyl sites for hydroxylation is 1. The Morgan fingerprint density at radius 3 is 2.71 bits per heavy atom. The lowest BCUT2D eigenvalue weighted by Gasteiger charge is -2.22. The summed E-state index contributed by atoms with van der Waals surface area (Å²) < 4.78 is 10.5. The van der Waals surface area contributed by atoms with Crippen molar-refractivity contribution >= 4 is 39.9 Å². The zero-order chi connectivity index (χ0) is 24.7. The Hall–Kier alpha value is -3.43. The average Bonchev–Trinajstić information content (AvgIpc) is 2.84. The summed E-state index contributed by atoms with van der Waals surface area (Å²) in [4.78, 5) is 35.9. The van der Waals surface area contributed by atoms with E-state index in [-0.39, 0.29) is 11.7 Å². The highest BCUT2D eigenvalue weighted by molar-refractivity contribution is 8.17. The number of fused-ring (bicyclic) bond motifs is 1. The number of hydrogen-bond donors (Lipinski definition) is 1. The van der Waals surface area contributed by atoms with E-state index in [9.17, 15) is 9.59 Å². The third-order valence-electron chi connectivity index (χ3n) is 5.38. The molecule has 0 bridgehead atoms. The summed E-state index contributed by atoms with van der Waals surface area (Å²) in [5.41, 5.74) is 7.87. The van der Waals surface area contributed by atoms with Crippen molar-refractivity contribution in [2.75, 3.05) is 26.6 Å². The number of ether oxygens (including phenoxy) is 2. The van der Waals surface area contributed by atoms with Crippen LogP contribution in [0.4, 0.5) is 5.82 Å². The Labute approximate surface area is 203 Å². The molecule has 0 atom stereocenters. The standard InChI is InChI=1S/C25H28N4O4S/c1-16(29(15-30)14-19-13-27-17(2)28-24(19)26)23(10-11-32-3)34-25(31)22-7-5-6-18-12-20(33-4)8-9-21(18)22/h5-9,12-13,15H,10-11,14H2,1-4H3,(H2,26,27,28)/b23-16-. The van der Waals surface area contributed by atoms with Gasteiger partial charge in [0.25, 0.3) is 0 Å². The van der Waals surface area contributed by atoms with Gasteiger partial charge in [-0.15, -0.1) is 0 Å². The summed E-state index contributed by atoms with van der Waals surface area (Å²) in [6.07, 6.45) is 2.80. The molecular weight excluding hydrogens is 452 g/mol. The van der Waals surface area contributed by atoms with Gasteiger partial charge in [-0.25, -0.2) is 9.97 Å². The normalized spacial score (nSPS) is 11.8. The van der Waals surface area contributed by atoms with Gasteiger partial charge in [-0.2, -0.15) is 0 Å². The van der Waals surface area contributed by atoms with Crippen LogP contribution in [0.3, 0.4) is 0 Å². The van der Waals surface area contributed by atoms with Crippen molar-refractivity contribution in [2.45, 2.75) is 26.8 Å². The van der Waals surface area contributed by atoms with E-state index in [1.54, 1.807) is 40.3 Å². The fourth-order valence-electron chi connectivity index (χ4n) is 3.45. The highest BCUT2D eigenvalue weighted by Crippen LogP contribution is 2.32. The van der Waals surface area contributed by atoms with Gasteiger partial charge in [0.1, 0.15) is 17.4 Å². The minimum absolute atomic E-state index is 0.120. The first-order chi connectivity index (χ1) is 16.4. The first kappa shape index (κ1) is 25.2. The molecule has 0 spiro atoms. The fraction of sp³-hybridized carbons (Fsp3) is 0.280. The first-order valence-electron chi connectivity index (χ1n) is 10.7. The van der Waals surface area contributed by atoms with Crippen molar-refractivity contribution in [1.29, 1.82) is 0 Å². The molecule has 0 saturated heterocycles. The van der Waals surface area contributed by atoms with E-state index in [4.69, 9.17) is 15.2 Å².